The van der Waals surface area contributed by atoms with Gasteiger partial charge in [-0.2, -0.15) is 0 Å². The molecule has 1 aliphatic heterocycles. The van der Waals surface area contributed by atoms with Gasteiger partial charge in [0.1, 0.15) is 36.6 Å². The number of phenols is 1. The number of hydrogen-bond acceptors (Lipinski definition) is 10. The van der Waals surface area contributed by atoms with E-state index >= 15 is 0 Å². The van der Waals surface area contributed by atoms with Gasteiger partial charge >= 0.3 is 0 Å². The Labute approximate surface area is 149 Å². The zero-order valence-corrected chi connectivity index (χ0v) is 14.0. The van der Waals surface area contributed by atoms with Gasteiger partial charge in [-0.15, -0.1) is 0 Å². The third-order valence-corrected chi connectivity index (χ3v) is 4.19. The molecule has 0 unspecified atom stereocenters. The van der Waals surface area contributed by atoms with Crippen LogP contribution in [0.3, 0.4) is 0 Å². The van der Waals surface area contributed by atoms with Crippen molar-refractivity contribution in [2.24, 2.45) is 0 Å². The molecule has 0 bridgehead atoms. The van der Waals surface area contributed by atoms with Gasteiger partial charge in [-0.25, -0.2) is 0 Å². The minimum Gasteiger partial charge on any atom is -0.504 e. The van der Waals surface area contributed by atoms with Gasteiger partial charge in [-0.3, -0.25) is 0 Å². The molecule has 148 valence electrons. The predicted molar refractivity (Wildman–Crippen MR) is 85.3 cm³/mol. The maximum atomic E-state index is 10.2. The highest BCUT2D eigenvalue weighted by Gasteiger charge is 2.44. The van der Waals surface area contributed by atoms with Crippen LogP contribution in [-0.2, 0) is 9.47 Å². The lowest BCUT2D eigenvalue weighted by atomic mass is 9.99. The Bertz CT molecular complexity index is 580. The summed E-state index contributed by atoms with van der Waals surface area (Å²) in [5.41, 5.74) is 0.254. The van der Waals surface area contributed by atoms with Crippen LogP contribution in [0.25, 0.3) is 0 Å². The van der Waals surface area contributed by atoms with Crippen molar-refractivity contribution in [2.45, 2.75) is 42.9 Å². The molecule has 1 fully saturated rings. The van der Waals surface area contributed by atoms with Gasteiger partial charge in [-0.1, -0.05) is 6.07 Å². The molecule has 26 heavy (non-hydrogen) atoms. The van der Waals surface area contributed by atoms with Crippen LogP contribution in [0, 0.1) is 0 Å². The molecular weight excluding hydrogens is 352 g/mol. The van der Waals surface area contributed by atoms with E-state index in [0.29, 0.717) is 0 Å². The highest BCUT2D eigenvalue weighted by Crippen LogP contribution is 2.30. The summed E-state index contributed by atoms with van der Waals surface area (Å²) in [5.74, 6) is -0.0147. The Balaban J connectivity index is 1.97. The second-order valence-electron chi connectivity index (χ2n) is 5.97. The van der Waals surface area contributed by atoms with E-state index in [2.05, 4.69) is 0 Å². The summed E-state index contributed by atoms with van der Waals surface area (Å²) in [6.45, 7) is -1.09. The lowest BCUT2D eigenvalue weighted by Crippen LogP contribution is -2.59. The fraction of sp³-hybridized carbons (Fsp3) is 0.625. The number of rotatable bonds is 7. The fourth-order valence-corrected chi connectivity index (χ4v) is 2.59. The first-order chi connectivity index (χ1) is 12.3. The zero-order valence-electron chi connectivity index (χ0n) is 14.0. The molecule has 0 spiro atoms. The van der Waals surface area contributed by atoms with Gasteiger partial charge in [0.15, 0.2) is 17.8 Å². The molecule has 2 rings (SSSR count). The first-order valence-corrected chi connectivity index (χ1v) is 7.95. The van der Waals surface area contributed by atoms with Crippen molar-refractivity contribution in [1.82, 2.24) is 0 Å². The average Bonchev–Trinajstić information content (AvgIpc) is 2.65. The smallest absolute Gasteiger partial charge is 0.186 e. The van der Waals surface area contributed by atoms with Crippen molar-refractivity contribution >= 4 is 0 Å². The molecular formula is C16H24O10. The molecule has 1 heterocycles. The predicted octanol–water partition coefficient (Wildman–Crippen LogP) is -2.39. The largest absolute Gasteiger partial charge is 0.504 e. The number of hydrogen-bond donors (Lipinski definition) is 7. The van der Waals surface area contributed by atoms with Crippen LogP contribution in [0.1, 0.15) is 11.7 Å². The molecule has 0 saturated carbocycles. The maximum absolute atomic E-state index is 10.2. The molecule has 0 radical (unpaired) electrons. The van der Waals surface area contributed by atoms with Crippen LogP contribution in [0.15, 0.2) is 18.2 Å². The third kappa shape index (κ3) is 4.42. The molecule has 7 N–H and O–H groups in total. The molecule has 1 aliphatic rings. The number of phenolic OH excluding ortho intramolecular Hbond substituents is 1. The van der Waals surface area contributed by atoms with E-state index in [1.54, 1.807) is 0 Å². The zero-order chi connectivity index (χ0) is 19.4. The Hall–Kier alpha value is -1.50. The number of aromatic hydroxyl groups is 1. The van der Waals surface area contributed by atoms with Gasteiger partial charge in [0, 0.05) is 0 Å². The fourth-order valence-electron chi connectivity index (χ4n) is 2.59. The van der Waals surface area contributed by atoms with Crippen LogP contribution in [0.2, 0.25) is 0 Å². The lowest BCUT2D eigenvalue weighted by molar-refractivity contribution is -0.306. The van der Waals surface area contributed by atoms with Gasteiger partial charge in [-0.05, 0) is 17.7 Å². The lowest BCUT2D eigenvalue weighted by Gasteiger charge is -2.39. The number of benzene rings is 1. The second-order valence-corrected chi connectivity index (χ2v) is 5.97. The summed E-state index contributed by atoms with van der Waals surface area (Å²) in [6.07, 6.45) is -10.1. The summed E-state index contributed by atoms with van der Waals surface area (Å²) in [5, 5.41) is 68.2. The van der Waals surface area contributed by atoms with Crippen molar-refractivity contribution in [1.29, 1.82) is 0 Å². The molecule has 0 aromatic heterocycles. The van der Waals surface area contributed by atoms with E-state index in [0.717, 1.165) is 0 Å². The van der Waals surface area contributed by atoms with Gasteiger partial charge in [0.2, 0.25) is 0 Å². The van der Waals surface area contributed by atoms with Crippen LogP contribution < -0.4 is 4.74 Å². The SMILES string of the molecule is COc1cc([C@@H](O)[C@@H](O)CO[C@H]2O[C@H](CO)[C@@H](O)[C@H](O)[C@H]2O)ccc1O. The third-order valence-electron chi connectivity index (χ3n) is 4.19. The van der Waals surface area contributed by atoms with E-state index in [-0.39, 0.29) is 17.1 Å². The topological polar surface area (TPSA) is 169 Å². The van der Waals surface area contributed by atoms with E-state index in [1.807, 2.05) is 0 Å². The van der Waals surface area contributed by atoms with Crippen molar-refractivity contribution < 1.29 is 50.0 Å². The summed E-state index contributed by atoms with van der Waals surface area (Å²) >= 11 is 0. The van der Waals surface area contributed by atoms with Crippen LogP contribution in [0.5, 0.6) is 11.5 Å². The maximum Gasteiger partial charge on any atom is 0.186 e. The second kappa shape index (κ2) is 8.93. The Morgan fingerprint density at radius 1 is 1.12 bits per heavy atom. The van der Waals surface area contributed by atoms with Crippen molar-refractivity contribution in [2.75, 3.05) is 20.3 Å². The number of ether oxygens (including phenoxy) is 3. The molecule has 1 aromatic rings. The van der Waals surface area contributed by atoms with Crippen molar-refractivity contribution in [3.63, 3.8) is 0 Å². The normalized spacial score (nSPS) is 31.4. The standard InChI is InChI=1S/C16H24O10/c1-24-10-4-7(2-3-8(10)18)12(20)9(19)6-25-16-15(23)14(22)13(21)11(5-17)26-16/h2-4,9,11-23H,5-6H2,1H3/t9-,11+,12+,13+,14-,15+,16-/m0/s1. The van der Waals surface area contributed by atoms with Crippen LogP contribution >= 0.6 is 0 Å². The molecule has 0 aliphatic carbocycles. The van der Waals surface area contributed by atoms with Crippen LogP contribution in [-0.4, -0.2) is 92.9 Å². The highest BCUT2D eigenvalue weighted by atomic mass is 16.7. The van der Waals surface area contributed by atoms with E-state index in [4.69, 9.17) is 19.3 Å². The minimum atomic E-state index is -1.61. The Morgan fingerprint density at radius 3 is 2.42 bits per heavy atom. The molecule has 1 saturated heterocycles. The number of methoxy groups -OCH3 is 1. The Kier molecular flexibility index (Phi) is 7.15. The quantitative estimate of drug-likeness (QED) is 0.272. The molecule has 0 amide bonds. The van der Waals surface area contributed by atoms with E-state index in [9.17, 15) is 30.6 Å². The van der Waals surface area contributed by atoms with Gasteiger partial charge in [0.05, 0.1) is 20.3 Å². The minimum absolute atomic E-state index is 0.114. The summed E-state index contributed by atoms with van der Waals surface area (Å²) in [7, 11) is 1.34. The first kappa shape index (κ1) is 20.8. The number of aliphatic hydroxyl groups is 6. The number of aliphatic hydroxyl groups excluding tert-OH is 6. The van der Waals surface area contributed by atoms with Gasteiger partial charge < -0.3 is 50.0 Å². The molecule has 1 aromatic carbocycles. The monoisotopic (exact) mass is 376 g/mol. The van der Waals surface area contributed by atoms with Crippen molar-refractivity contribution in [3.8, 4) is 11.5 Å². The van der Waals surface area contributed by atoms with Gasteiger partial charge in [0.25, 0.3) is 0 Å². The Morgan fingerprint density at radius 2 is 1.81 bits per heavy atom. The van der Waals surface area contributed by atoms with E-state index < -0.39 is 56.1 Å². The summed E-state index contributed by atoms with van der Waals surface area (Å²) < 4.78 is 15.3. The van der Waals surface area contributed by atoms with Crippen LogP contribution in [0.4, 0.5) is 0 Å². The molecule has 10 heteroatoms. The first-order valence-electron chi connectivity index (χ1n) is 7.95. The average molecular weight is 376 g/mol. The summed E-state index contributed by atoms with van der Waals surface area (Å²) in [6, 6.07) is 4.03. The summed E-state index contributed by atoms with van der Waals surface area (Å²) in [4.78, 5) is 0. The molecule has 7 atom stereocenters. The highest BCUT2D eigenvalue weighted by molar-refractivity contribution is 5.42. The molecule has 10 nitrogen and oxygen atoms in total. The van der Waals surface area contributed by atoms with E-state index in [1.165, 1.54) is 25.3 Å². The van der Waals surface area contributed by atoms with Crippen molar-refractivity contribution in [3.05, 3.63) is 23.8 Å².